The molecule has 2 fully saturated rings. The third-order valence-corrected chi connectivity index (χ3v) is 4.97. The van der Waals surface area contributed by atoms with Crippen LogP contribution in [-0.4, -0.2) is 24.5 Å². The molecule has 110 valence electrons. The molecule has 2 N–H and O–H groups in total. The van der Waals surface area contributed by atoms with Gasteiger partial charge in [-0.15, -0.1) is 0 Å². The fourth-order valence-corrected chi connectivity index (χ4v) is 3.75. The van der Waals surface area contributed by atoms with Gasteiger partial charge in [0.2, 0.25) is 5.91 Å². The van der Waals surface area contributed by atoms with Gasteiger partial charge in [0.05, 0.1) is 6.04 Å². The van der Waals surface area contributed by atoms with Crippen LogP contribution in [0.15, 0.2) is 0 Å². The van der Waals surface area contributed by atoms with E-state index in [0.29, 0.717) is 12.0 Å². The molecule has 0 aromatic rings. The highest BCUT2D eigenvalue weighted by atomic mass is 16.2. The monoisotopic (exact) mass is 266 g/mol. The minimum atomic E-state index is 0.0408. The number of hydrogen-bond acceptors (Lipinski definition) is 2. The zero-order valence-electron chi connectivity index (χ0n) is 12.7. The van der Waals surface area contributed by atoms with Crippen molar-refractivity contribution in [3.8, 4) is 0 Å². The van der Waals surface area contributed by atoms with Crippen molar-refractivity contribution in [3.63, 3.8) is 0 Å². The lowest BCUT2D eigenvalue weighted by Crippen LogP contribution is -2.52. The standard InChI is InChI=1S/C16H30N2O/c1-11(2)13-8-7-12(3)10-15(13)18-14-6-4-5-9-17-16(14)19/h11-15,18H,4-10H2,1-3H3,(H,17,19). The second kappa shape index (κ2) is 6.74. The minimum absolute atomic E-state index is 0.0408. The second-order valence-corrected chi connectivity index (χ2v) is 6.94. The van der Waals surface area contributed by atoms with Crippen molar-refractivity contribution in [2.24, 2.45) is 17.8 Å². The molecular formula is C16H30N2O. The summed E-state index contributed by atoms with van der Waals surface area (Å²) >= 11 is 0. The van der Waals surface area contributed by atoms with Crippen LogP contribution in [0.4, 0.5) is 0 Å². The summed E-state index contributed by atoms with van der Waals surface area (Å²) in [5.74, 6) is 2.45. The van der Waals surface area contributed by atoms with Crippen molar-refractivity contribution in [1.82, 2.24) is 10.6 Å². The van der Waals surface area contributed by atoms with Gasteiger partial charge in [-0.2, -0.15) is 0 Å². The average molecular weight is 266 g/mol. The smallest absolute Gasteiger partial charge is 0.237 e. The maximum absolute atomic E-state index is 12.1. The maximum Gasteiger partial charge on any atom is 0.237 e. The first-order chi connectivity index (χ1) is 9.08. The molecule has 1 saturated carbocycles. The molecule has 0 aromatic carbocycles. The van der Waals surface area contributed by atoms with E-state index < -0.39 is 0 Å². The predicted octanol–water partition coefficient (Wildman–Crippen LogP) is 2.71. The minimum Gasteiger partial charge on any atom is -0.355 e. The van der Waals surface area contributed by atoms with E-state index in [9.17, 15) is 4.79 Å². The van der Waals surface area contributed by atoms with Gasteiger partial charge in [-0.1, -0.05) is 27.2 Å². The lowest BCUT2D eigenvalue weighted by molar-refractivity contribution is -0.123. The van der Waals surface area contributed by atoms with E-state index in [0.717, 1.165) is 37.6 Å². The van der Waals surface area contributed by atoms with E-state index in [1.165, 1.54) is 19.3 Å². The Morgan fingerprint density at radius 2 is 2.00 bits per heavy atom. The van der Waals surface area contributed by atoms with E-state index in [4.69, 9.17) is 0 Å². The number of carbonyl (C=O) groups is 1. The van der Waals surface area contributed by atoms with E-state index >= 15 is 0 Å². The molecule has 1 aliphatic heterocycles. The van der Waals surface area contributed by atoms with Crippen LogP contribution in [0, 0.1) is 17.8 Å². The molecular weight excluding hydrogens is 236 g/mol. The molecule has 3 nitrogen and oxygen atoms in total. The van der Waals surface area contributed by atoms with E-state index in [1.807, 2.05) is 0 Å². The highest BCUT2D eigenvalue weighted by molar-refractivity contribution is 5.81. The molecule has 1 heterocycles. The molecule has 3 heteroatoms. The first-order valence-electron chi connectivity index (χ1n) is 8.11. The van der Waals surface area contributed by atoms with Crippen LogP contribution in [0.2, 0.25) is 0 Å². The molecule has 2 aliphatic rings. The topological polar surface area (TPSA) is 41.1 Å². The van der Waals surface area contributed by atoms with E-state index in [1.54, 1.807) is 0 Å². The average Bonchev–Trinajstić information content (AvgIpc) is 2.55. The summed E-state index contributed by atoms with van der Waals surface area (Å²) in [6, 6.07) is 0.566. The zero-order chi connectivity index (χ0) is 13.8. The van der Waals surface area contributed by atoms with Gasteiger partial charge in [-0.3, -0.25) is 4.79 Å². The molecule has 2 rings (SSSR count). The summed E-state index contributed by atoms with van der Waals surface area (Å²) in [5, 5.41) is 6.74. The molecule has 0 spiro atoms. The summed E-state index contributed by atoms with van der Waals surface area (Å²) in [4.78, 5) is 12.1. The van der Waals surface area contributed by atoms with Crippen LogP contribution in [0.25, 0.3) is 0 Å². The molecule has 0 bridgehead atoms. The first kappa shape index (κ1) is 14.8. The quantitative estimate of drug-likeness (QED) is 0.824. The Morgan fingerprint density at radius 3 is 2.74 bits per heavy atom. The largest absolute Gasteiger partial charge is 0.355 e. The number of amides is 1. The third-order valence-electron chi connectivity index (χ3n) is 4.97. The number of carbonyl (C=O) groups excluding carboxylic acids is 1. The third kappa shape index (κ3) is 3.95. The van der Waals surface area contributed by atoms with Gasteiger partial charge < -0.3 is 10.6 Å². The van der Waals surface area contributed by atoms with Crippen molar-refractivity contribution >= 4 is 5.91 Å². The summed E-state index contributed by atoms with van der Waals surface area (Å²) in [6.07, 6.45) is 7.17. The van der Waals surface area contributed by atoms with Crippen molar-refractivity contribution in [3.05, 3.63) is 0 Å². The van der Waals surface area contributed by atoms with Crippen LogP contribution in [0.3, 0.4) is 0 Å². The Kier molecular flexibility index (Phi) is 5.26. The van der Waals surface area contributed by atoms with E-state index in [-0.39, 0.29) is 11.9 Å². The molecule has 4 atom stereocenters. The Hall–Kier alpha value is -0.570. The van der Waals surface area contributed by atoms with E-state index in [2.05, 4.69) is 31.4 Å². The van der Waals surface area contributed by atoms with Gasteiger partial charge in [-0.05, 0) is 49.9 Å². The molecule has 19 heavy (non-hydrogen) atoms. The fraction of sp³-hybridized carbons (Fsp3) is 0.938. The molecule has 1 saturated heterocycles. The highest BCUT2D eigenvalue weighted by Crippen LogP contribution is 2.33. The summed E-state index contributed by atoms with van der Waals surface area (Å²) in [5.41, 5.74) is 0. The predicted molar refractivity (Wildman–Crippen MR) is 78.9 cm³/mol. The van der Waals surface area contributed by atoms with Crippen molar-refractivity contribution in [2.75, 3.05) is 6.54 Å². The van der Waals surface area contributed by atoms with Crippen molar-refractivity contribution < 1.29 is 4.79 Å². The van der Waals surface area contributed by atoms with Gasteiger partial charge in [0.15, 0.2) is 0 Å². The maximum atomic E-state index is 12.1. The molecule has 4 unspecified atom stereocenters. The second-order valence-electron chi connectivity index (χ2n) is 6.94. The summed E-state index contributed by atoms with van der Waals surface area (Å²) in [7, 11) is 0. The lowest BCUT2D eigenvalue weighted by Gasteiger charge is -2.39. The van der Waals surface area contributed by atoms with Gasteiger partial charge in [0.1, 0.15) is 0 Å². The summed E-state index contributed by atoms with van der Waals surface area (Å²) < 4.78 is 0. The number of rotatable bonds is 3. The fourth-order valence-electron chi connectivity index (χ4n) is 3.75. The van der Waals surface area contributed by atoms with Crippen molar-refractivity contribution in [2.45, 2.75) is 71.4 Å². The van der Waals surface area contributed by atoms with Crippen LogP contribution in [-0.2, 0) is 4.79 Å². The lowest BCUT2D eigenvalue weighted by atomic mass is 9.73. The van der Waals surface area contributed by atoms with Crippen LogP contribution in [0.5, 0.6) is 0 Å². The highest BCUT2D eigenvalue weighted by Gasteiger charge is 2.33. The van der Waals surface area contributed by atoms with Crippen LogP contribution >= 0.6 is 0 Å². The number of nitrogens with one attached hydrogen (secondary N) is 2. The van der Waals surface area contributed by atoms with Gasteiger partial charge in [0.25, 0.3) is 0 Å². The normalized spacial score (nSPS) is 36.9. The number of hydrogen-bond donors (Lipinski definition) is 2. The summed E-state index contributed by atoms with van der Waals surface area (Å²) in [6.45, 7) is 7.84. The Labute approximate surface area is 117 Å². The first-order valence-corrected chi connectivity index (χ1v) is 8.11. The Bertz CT molecular complexity index is 303. The molecule has 1 amide bonds. The van der Waals surface area contributed by atoms with Gasteiger partial charge in [-0.25, -0.2) is 0 Å². The van der Waals surface area contributed by atoms with Crippen LogP contribution < -0.4 is 10.6 Å². The molecule has 0 radical (unpaired) electrons. The Morgan fingerprint density at radius 1 is 1.21 bits per heavy atom. The molecule has 1 aliphatic carbocycles. The SMILES string of the molecule is CC1CCC(C(C)C)C(NC2CCCCNC2=O)C1. The molecule has 0 aromatic heterocycles. The van der Waals surface area contributed by atoms with Crippen LogP contribution in [0.1, 0.15) is 59.3 Å². The van der Waals surface area contributed by atoms with Gasteiger partial charge in [0, 0.05) is 12.6 Å². The van der Waals surface area contributed by atoms with Gasteiger partial charge >= 0.3 is 0 Å². The van der Waals surface area contributed by atoms with Crippen molar-refractivity contribution in [1.29, 1.82) is 0 Å². The Balaban J connectivity index is 1.98. The zero-order valence-corrected chi connectivity index (χ0v) is 12.7.